The number of benzene rings is 1. The Bertz CT molecular complexity index is 876. The number of carbonyl (C=O) groups is 2. The SMILES string of the molecule is CC(OC(=O)c1nn(C)c(=O)c2ccccc12)C(=O)NCC(F)(F)F. The molecule has 0 spiro atoms. The lowest BCUT2D eigenvalue weighted by molar-refractivity contribution is -0.143. The molecular weight excluding hydrogens is 343 g/mol. The van der Waals surface area contributed by atoms with Crippen molar-refractivity contribution in [3.05, 3.63) is 40.3 Å². The number of amides is 1. The number of halogens is 3. The van der Waals surface area contributed by atoms with Gasteiger partial charge in [0.05, 0.1) is 5.39 Å². The number of nitrogens with one attached hydrogen (secondary N) is 1. The molecule has 25 heavy (non-hydrogen) atoms. The Hall–Kier alpha value is -2.91. The van der Waals surface area contributed by atoms with Crippen LogP contribution < -0.4 is 10.9 Å². The molecule has 0 aliphatic rings. The summed E-state index contributed by atoms with van der Waals surface area (Å²) in [6.45, 7) is -0.400. The molecule has 0 bridgehead atoms. The van der Waals surface area contributed by atoms with E-state index >= 15 is 0 Å². The fourth-order valence-electron chi connectivity index (χ4n) is 2.05. The van der Waals surface area contributed by atoms with Crippen LogP contribution in [-0.4, -0.2) is 40.5 Å². The van der Waals surface area contributed by atoms with E-state index in [1.165, 1.54) is 19.2 Å². The van der Waals surface area contributed by atoms with E-state index in [2.05, 4.69) is 5.10 Å². The van der Waals surface area contributed by atoms with E-state index in [0.29, 0.717) is 0 Å². The third kappa shape index (κ3) is 4.34. The van der Waals surface area contributed by atoms with E-state index in [0.717, 1.165) is 11.6 Å². The van der Waals surface area contributed by atoms with E-state index < -0.39 is 36.3 Å². The normalized spacial score (nSPS) is 12.7. The second kappa shape index (κ2) is 6.91. The van der Waals surface area contributed by atoms with Gasteiger partial charge in [-0.1, -0.05) is 18.2 Å². The minimum absolute atomic E-state index is 0.215. The fraction of sp³-hybridized carbons (Fsp3) is 0.333. The average Bonchev–Trinajstić information content (AvgIpc) is 2.55. The second-order valence-electron chi connectivity index (χ2n) is 5.20. The number of alkyl halides is 3. The van der Waals surface area contributed by atoms with Gasteiger partial charge in [-0.25, -0.2) is 9.48 Å². The van der Waals surface area contributed by atoms with Crippen molar-refractivity contribution >= 4 is 22.6 Å². The largest absolute Gasteiger partial charge is 0.448 e. The summed E-state index contributed by atoms with van der Waals surface area (Å²) in [7, 11) is 1.34. The Morgan fingerprint density at radius 1 is 1.28 bits per heavy atom. The number of aromatic nitrogens is 2. The van der Waals surface area contributed by atoms with E-state index in [-0.39, 0.29) is 16.5 Å². The van der Waals surface area contributed by atoms with Crippen LogP contribution in [-0.2, 0) is 16.6 Å². The Balaban J connectivity index is 2.21. The number of ether oxygens (including phenoxy) is 1. The summed E-state index contributed by atoms with van der Waals surface area (Å²) < 4.78 is 42.1. The first-order valence-electron chi connectivity index (χ1n) is 7.11. The van der Waals surface area contributed by atoms with Crippen molar-refractivity contribution in [2.24, 2.45) is 7.05 Å². The highest BCUT2D eigenvalue weighted by Crippen LogP contribution is 2.15. The minimum Gasteiger partial charge on any atom is -0.448 e. The summed E-state index contributed by atoms with van der Waals surface area (Å²) in [5, 5.41) is 5.88. The first kappa shape index (κ1) is 18.4. The molecule has 0 radical (unpaired) electrons. The Morgan fingerprint density at radius 2 is 1.88 bits per heavy atom. The van der Waals surface area contributed by atoms with Gasteiger partial charge < -0.3 is 10.1 Å². The third-order valence-corrected chi connectivity index (χ3v) is 3.27. The van der Waals surface area contributed by atoms with Crippen molar-refractivity contribution < 1.29 is 27.5 Å². The van der Waals surface area contributed by atoms with Crippen LogP contribution in [0.2, 0.25) is 0 Å². The van der Waals surface area contributed by atoms with Crippen LogP contribution in [0.5, 0.6) is 0 Å². The first-order chi connectivity index (χ1) is 11.6. The quantitative estimate of drug-likeness (QED) is 0.830. The molecule has 1 heterocycles. The fourth-order valence-corrected chi connectivity index (χ4v) is 2.05. The monoisotopic (exact) mass is 357 g/mol. The standard InChI is InChI=1S/C15H14F3N3O4/c1-8(12(22)19-7-15(16,17)18)25-14(24)11-9-5-3-4-6-10(9)13(23)21(2)20-11/h3-6,8H,7H2,1-2H3,(H,19,22). The van der Waals surface area contributed by atoms with E-state index in [1.54, 1.807) is 17.4 Å². The first-order valence-corrected chi connectivity index (χ1v) is 7.11. The molecule has 1 aromatic carbocycles. The van der Waals surface area contributed by atoms with Gasteiger partial charge in [0, 0.05) is 12.4 Å². The maximum atomic E-state index is 12.2. The van der Waals surface area contributed by atoms with Gasteiger partial charge in [0.25, 0.3) is 11.5 Å². The molecule has 134 valence electrons. The molecule has 1 unspecified atom stereocenters. The van der Waals surface area contributed by atoms with Crippen molar-refractivity contribution in [3.63, 3.8) is 0 Å². The van der Waals surface area contributed by atoms with Gasteiger partial charge in [-0.15, -0.1) is 0 Å². The van der Waals surface area contributed by atoms with E-state index in [4.69, 9.17) is 4.74 Å². The molecule has 2 rings (SSSR count). The maximum Gasteiger partial charge on any atom is 0.405 e. The predicted molar refractivity (Wildman–Crippen MR) is 80.9 cm³/mol. The molecule has 0 aliphatic heterocycles. The lowest BCUT2D eigenvalue weighted by atomic mass is 10.1. The zero-order valence-electron chi connectivity index (χ0n) is 13.3. The summed E-state index contributed by atoms with van der Waals surface area (Å²) in [6.07, 6.45) is -6.04. The summed E-state index contributed by atoms with van der Waals surface area (Å²) >= 11 is 0. The lowest BCUT2D eigenvalue weighted by Crippen LogP contribution is -2.41. The summed E-state index contributed by atoms with van der Waals surface area (Å²) in [4.78, 5) is 35.8. The van der Waals surface area contributed by atoms with Crippen LogP contribution in [0.1, 0.15) is 17.4 Å². The summed E-state index contributed by atoms with van der Waals surface area (Å²) in [6, 6.07) is 6.16. The van der Waals surface area contributed by atoms with Gasteiger partial charge in [0.2, 0.25) is 0 Å². The molecule has 0 aliphatic carbocycles. The van der Waals surface area contributed by atoms with Crippen molar-refractivity contribution in [3.8, 4) is 0 Å². The predicted octanol–water partition coefficient (Wildman–Crippen LogP) is 1.16. The zero-order valence-corrected chi connectivity index (χ0v) is 13.3. The topological polar surface area (TPSA) is 90.3 Å². The van der Waals surface area contributed by atoms with Gasteiger partial charge >= 0.3 is 12.1 Å². The number of esters is 1. The Kier molecular flexibility index (Phi) is 5.10. The van der Waals surface area contributed by atoms with Crippen LogP contribution in [0, 0.1) is 0 Å². The van der Waals surface area contributed by atoms with Gasteiger partial charge in [-0.05, 0) is 13.0 Å². The average molecular weight is 357 g/mol. The molecular formula is C15H14F3N3O4. The van der Waals surface area contributed by atoms with Crippen LogP contribution >= 0.6 is 0 Å². The number of hydrogen-bond acceptors (Lipinski definition) is 5. The van der Waals surface area contributed by atoms with Crippen molar-refractivity contribution in [1.82, 2.24) is 15.1 Å². The zero-order chi connectivity index (χ0) is 18.8. The number of hydrogen-bond donors (Lipinski definition) is 1. The molecule has 7 nitrogen and oxygen atoms in total. The van der Waals surface area contributed by atoms with Crippen LogP contribution in [0.4, 0.5) is 13.2 Å². The van der Waals surface area contributed by atoms with Gasteiger partial charge in [-0.3, -0.25) is 9.59 Å². The number of nitrogens with zero attached hydrogens (tertiary/aromatic N) is 2. The molecule has 2 aromatic rings. The van der Waals surface area contributed by atoms with Crippen molar-refractivity contribution in [2.45, 2.75) is 19.2 Å². The molecule has 0 saturated heterocycles. The second-order valence-corrected chi connectivity index (χ2v) is 5.20. The molecule has 1 aromatic heterocycles. The number of aryl methyl sites for hydroxylation is 1. The summed E-state index contributed by atoms with van der Waals surface area (Å²) in [5.74, 6) is -2.12. The molecule has 1 atom stereocenters. The lowest BCUT2D eigenvalue weighted by Gasteiger charge is -2.15. The van der Waals surface area contributed by atoms with Crippen molar-refractivity contribution in [2.75, 3.05) is 6.54 Å². The van der Waals surface area contributed by atoms with Crippen LogP contribution in [0.3, 0.4) is 0 Å². The van der Waals surface area contributed by atoms with Crippen LogP contribution in [0.25, 0.3) is 10.8 Å². The van der Waals surface area contributed by atoms with Crippen molar-refractivity contribution in [1.29, 1.82) is 0 Å². The number of rotatable bonds is 4. The van der Waals surface area contributed by atoms with Gasteiger partial charge in [0.15, 0.2) is 11.8 Å². The van der Waals surface area contributed by atoms with Gasteiger partial charge in [0.1, 0.15) is 6.54 Å². The molecule has 0 fully saturated rings. The maximum absolute atomic E-state index is 12.2. The van der Waals surface area contributed by atoms with Gasteiger partial charge in [-0.2, -0.15) is 18.3 Å². The highest BCUT2D eigenvalue weighted by atomic mass is 19.4. The molecule has 1 N–H and O–H groups in total. The molecule has 0 saturated carbocycles. The number of fused-ring (bicyclic) bond motifs is 1. The highest BCUT2D eigenvalue weighted by Gasteiger charge is 2.30. The third-order valence-electron chi connectivity index (χ3n) is 3.27. The number of carbonyl (C=O) groups excluding carboxylic acids is 2. The Morgan fingerprint density at radius 3 is 2.48 bits per heavy atom. The highest BCUT2D eigenvalue weighted by molar-refractivity contribution is 6.02. The van der Waals surface area contributed by atoms with Crippen LogP contribution in [0.15, 0.2) is 29.1 Å². The minimum atomic E-state index is -4.57. The van der Waals surface area contributed by atoms with E-state index in [1.807, 2.05) is 0 Å². The molecule has 10 heteroatoms. The summed E-state index contributed by atoms with van der Waals surface area (Å²) in [5.41, 5.74) is -0.642. The molecule has 1 amide bonds. The Labute approximate surface area is 139 Å². The smallest absolute Gasteiger partial charge is 0.405 e. The van der Waals surface area contributed by atoms with E-state index in [9.17, 15) is 27.6 Å².